The van der Waals surface area contributed by atoms with Gasteiger partial charge >= 0.3 is 18.2 Å². The Morgan fingerprint density at radius 1 is 1.03 bits per heavy atom. The smallest absolute Gasteiger partial charge is 0.409 e. The van der Waals surface area contributed by atoms with Crippen LogP contribution >= 0.6 is 11.8 Å². The Bertz CT molecular complexity index is 1030. The summed E-state index contributed by atoms with van der Waals surface area (Å²) in [5.74, 6) is -2.69. The van der Waals surface area contributed by atoms with Crippen molar-refractivity contribution < 1.29 is 37.4 Å². The predicted molar refractivity (Wildman–Crippen MR) is 125 cm³/mol. The number of carbonyl (C=O) groups excluding carboxylic acids is 2. The van der Waals surface area contributed by atoms with Crippen LogP contribution in [0.25, 0.3) is 11.1 Å². The maximum atomic E-state index is 13.2. The third-order valence-electron chi connectivity index (χ3n) is 5.65. The lowest BCUT2D eigenvalue weighted by Gasteiger charge is -2.24. The first kappa shape index (κ1) is 26.4. The molecule has 3 N–H and O–H groups in total. The molecule has 0 aliphatic heterocycles. The van der Waals surface area contributed by atoms with E-state index >= 15 is 0 Å². The van der Waals surface area contributed by atoms with Crippen molar-refractivity contribution in [3.63, 3.8) is 0 Å². The van der Waals surface area contributed by atoms with Gasteiger partial charge in [-0.2, -0.15) is 24.9 Å². The summed E-state index contributed by atoms with van der Waals surface area (Å²) in [6.45, 7) is -0.0269. The molecule has 11 heteroatoms. The molecule has 0 aromatic heterocycles. The van der Waals surface area contributed by atoms with Crippen molar-refractivity contribution in [1.29, 1.82) is 0 Å². The third-order valence-corrected chi connectivity index (χ3v) is 6.30. The zero-order valence-corrected chi connectivity index (χ0v) is 19.6. The molecular weight excluding hydrogens is 485 g/mol. The molecule has 1 aliphatic rings. The fraction of sp³-hybridized carbons (Fsp3) is 0.375. The zero-order chi connectivity index (χ0) is 25.6. The number of thioether (sulfide) groups is 1. The number of nitrogens with one attached hydrogen (secondary N) is 2. The minimum Gasteiger partial charge on any atom is -0.481 e. The fourth-order valence-electron chi connectivity index (χ4n) is 3.98. The van der Waals surface area contributed by atoms with Crippen molar-refractivity contribution in [3.8, 4) is 11.1 Å². The van der Waals surface area contributed by atoms with E-state index in [1.165, 1.54) is 11.8 Å². The molecule has 0 fully saturated rings. The van der Waals surface area contributed by atoms with Crippen LogP contribution in [0.3, 0.4) is 0 Å². The van der Waals surface area contributed by atoms with Crippen molar-refractivity contribution in [3.05, 3.63) is 59.7 Å². The lowest BCUT2D eigenvalue weighted by Crippen LogP contribution is -2.54. The van der Waals surface area contributed by atoms with Crippen molar-refractivity contribution in [2.45, 2.75) is 37.0 Å². The summed E-state index contributed by atoms with van der Waals surface area (Å²) in [7, 11) is 0. The van der Waals surface area contributed by atoms with Gasteiger partial charge in [0.1, 0.15) is 18.7 Å². The summed E-state index contributed by atoms with van der Waals surface area (Å²) in [4.78, 5) is 35.9. The number of ether oxygens (including phenoxy) is 1. The summed E-state index contributed by atoms with van der Waals surface area (Å²) in [5.41, 5.74) is 4.04. The Kier molecular flexibility index (Phi) is 8.66. The first-order valence-electron chi connectivity index (χ1n) is 10.8. The lowest BCUT2D eigenvalue weighted by atomic mass is 9.98. The van der Waals surface area contributed by atoms with Crippen molar-refractivity contribution >= 4 is 29.7 Å². The van der Waals surface area contributed by atoms with Gasteiger partial charge in [0.2, 0.25) is 5.91 Å². The molecule has 7 nitrogen and oxygen atoms in total. The number of alkyl halides is 3. The Labute approximate surface area is 204 Å². The van der Waals surface area contributed by atoms with Crippen molar-refractivity contribution in [2.24, 2.45) is 0 Å². The number of hydrogen-bond donors (Lipinski definition) is 3. The molecule has 0 spiro atoms. The standard InChI is InChI=1S/C24H25F3N2O5S/c1-35-11-10-19(22(32)29-20(12-21(30)31)24(25,26)27)28-23(33)34-13-18-16-8-4-2-6-14(16)15-7-3-5-9-17(15)18/h2-9,18-20H,10-13H2,1H3,(H,28,33)(H,29,32)(H,30,31)/t19-,20?/m1/s1. The number of benzene rings is 2. The van der Waals surface area contributed by atoms with Gasteiger partial charge in [0, 0.05) is 5.92 Å². The lowest BCUT2D eigenvalue weighted by molar-refractivity contribution is -0.170. The molecule has 0 heterocycles. The molecule has 0 radical (unpaired) electrons. The summed E-state index contributed by atoms with van der Waals surface area (Å²) in [5, 5.41) is 12.8. The quantitative estimate of drug-likeness (QED) is 0.443. The van der Waals surface area contributed by atoms with E-state index in [9.17, 15) is 27.6 Å². The highest BCUT2D eigenvalue weighted by atomic mass is 32.2. The summed E-state index contributed by atoms with van der Waals surface area (Å²) in [6.07, 6.45) is -5.45. The Hall–Kier alpha value is -3.21. The summed E-state index contributed by atoms with van der Waals surface area (Å²) >= 11 is 1.34. The summed E-state index contributed by atoms with van der Waals surface area (Å²) in [6, 6.07) is 11.5. The number of halogens is 3. The monoisotopic (exact) mass is 510 g/mol. The normalized spacial score (nSPS) is 14.4. The SMILES string of the molecule is CSCC[C@@H](NC(=O)OCC1c2ccccc2-c2ccccc21)C(=O)NC(CC(=O)O)C(F)(F)F. The molecule has 2 aromatic rings. The predicted octanol–water partition coefficient (Wildman–Crippen LogP) is 4.17. The van der Waals surface area contributed by atoms with Crippen LogP contribution in [0.1, 0.15) is 29.9 Å². The fourth-order valence-corrected chi connectivity index (χ4v) is 4.45. The highest BCUT2D eigenvalue weighted by molar-refractivity contribution is 7.98. The molecule has 2 atom stereocenters. The number of fused-ring (bicyclic) bond motifs is 3. The van der Waals surface area contributed by atoms with Gasteiger partial charge in [0.15, 0.2) is 0 Å². The van der Waals surface area contributed by atoms with Gasteiger partial charge in [-0.1, -0.05) is 48.5 Å². The maximum absolute atomic E-state index is 13.2. The van der Waals surface area contributed by atoms with E-state index in [1.54, 1.807) is 11.6 Å². The molecule has 0 saturated carbocycles. The number of carboxylic acids is 1. The van der Waals surface area contributed by atoms with Crippen LogP contribution in [0.15, 0.2) is 48.5 Å². The molecule has 0 saturated heterocycles. The molecule has 188 valence electrons. The minimum atomic E-state index is -4.96. The van der Waals surface area contributed by atoms with Gasteiger partial charge in [-0.3, -0.25) is 9.59 Å². The van der Waals surface area contributed by atoms with E-state index < -0.39 is 42.7 Å². The average Bonchev–Trinajstić information content (AvgIpc) is 3.12. The van der Waals surface area contributed by atoms with Crippen LogP contribution in [0.5, 0.6) is 0 Å². The van der Waals surface area contributed by atoms with E-state index in [-0.39, 0.29) is 18.9 Å². The number of carboxylic acid groups (broad SMARTS) is 1. The second-order valence-electron chi connectivity index (χ2n) is 8.00. The number of amides is 2. The van der Waals surface area contributed by atoms with Gasteiger partial charge < -0.3 is 20.5 Å². The van der Waals surface area contributed by atoms with E-state index in [4.69, 9.17) is 9.84 Å². The zero-order valence-electron chi connectivity index (χ0n) is 18.8. The van der Waals surface area contributed by atoms with E-state index in [0.29, 0.717) is 5.75 Å². The Morgan fingerprint density at radius 3 is 2.11 bits per heavy atom. The molecule has 1 unspecified atom stereocenters. The topological polar surface area (TPSA) is 105 Å². The largest absolute Gasteiger partial charge is 0.481 e. The minimum absolute atomic E-state index is 0.0269. The van der Waals surface area contributed by atoms with E-state index in [2.05, 4.69) is 5.32 Å². The van der Waals surface area contributed by atoms with E-state index in [0.717, 1.165) is 22.3 Å². The van der Waals surface area contributed by atoms with E-state index in [1.807, 2.05) is 48.5 Å². The number of hydrogen-bond acceptors (Lipinski definition) is 5. The van der Waals surface area contributed by atoms with Gasteiger partial charge in [0.05, 0.1) is 6.42 Å². The van der Waals surface area contributed by atoms with Crippen LogP contribution < -0.4 is 10.6 Å². The Morgan fingerprint density at radius 2 is 1.60 bits per heavy atom. The maximum Gasteiger partial charge on any atom is 0.409 e. The highest BCUT2D eigenvalue weighted by Gasteiger charge is 2.43. The molecule has 2 aromatic carbocycles. The number of alkyl carbamates (subject to hydrolysis) is 1. The van der Waals surface area contributed by atoms with Gasteiger partial charge in [-0.25, -0.2) is 4.79 Å². The number of carbonyl (C=O) groups is 3. The average molecular weight is 511 g/mol. The highest BCUT2D eigenvalue weighted by Crippen LogP contribution is 2.44. The van der Waals surface area contributed by atoms with Crippen molar-refractivity contribution in [1.82, 2.24) is 10.6 Å². The first-order chi connectivity index (χ1) is 16.6. The molecule has 2 amide bonds. The molecular formula is C24H25F3N2O5S. The second-order valence-corrected chi connectivity index (χ2v) is 8.99. The van der Waals surface area contributed by atoms with Crippen LogP contribution in [0, 0.1) is 0 Å². The summed E-state index contributed by atoms with van der Waals surface area (Å²) < 4.78 is 44.9. The molecule has 35 heavy (non-hydrogen) atoms. The van der Waals surface area contributed by atoms with Gasteiger partial charge in [-0.05, 0) is 40.7 Å². The second kappa shape index (κ2) is 11.5. The van der Waals surface area contributed by atoms with Crippen LogP contribution in [0.4, 0.5) is 18.0 Å². The van der Waals surface area contributed by atoms with Gasteiger partial charge in [-0.15, -0.1) is 0 Å². The third kappa shape index (κ3) is 6.68. The molecule has 3 rings (SSSR count). The first-order valence-corrected chi connectivity index (χ1v) is 12.2. The van der Waals surface area contributed by atoms with Crippen LogP contribution in [-0.2, 0) is 14.3 Å². The molecule has 0 bridgehead atoms. The van der Waals surface area contributed by atoms with Crippen LogP contribution in [0.2, 0.25) is 0 Å². The number of aliphatic carboxylic acids is 1. The molecule has 1 aliphatic carbocycles. The Balaban J connectivity index is 1.67. The number of rotatable bonds is 10. The van der Waals surface area contributed by atoms with Crippen LogP contribution in [-0.4, -0.2) is 60.0 Å². The van der Waals surface area contributed by atoms with Gasteiger partial charge in [0.25, 0.3) is 0 Å². The van der Waals surface area contributed by atoms with Crippen molar-refractivity contribution in [2.75, 3.05) is 18.6 Å².